The van der Waals surface area contributed by atoms with Gasteiger partial charge in [-0.05, 0) is 41.2 Å². The van der Waals surface area contributed by atoms with E-state index in [1.165, 1.54) is 11.8 Å². The molecule has 0 bridgehead atoms. The van der Waals surface area contributed by atoms with Crippen molar-refractivity contribution in [1.29, 1.82) is 0 Å². The number of urea groups is 1. The zero-order valence-corrected chi connectivity index (χ0v) is 16.8. The molecule has 1 N–H and O–H groups in total. The van der Waals surface area contributed by atoms with E-state index in [-0.39, 0.29) is 5.41 Å². The number of rotatable bonds is 4. The molecule has 2 aromatic rings. The van der Waals surface area contributed by atoms with E-state index >= 15 is 0 Å². The van der Waals surface area contributed by atoms with Crippen molar-refractivity contribution in [3.8, 4) is 5.75 Å². The second kappa shape index (κ2) is 7.11. The van der Waals surface area contributed by atoms with Crippen molar-refractivity contribution in [2.45, 2.75) is 38.6 Å². The van der Waals surface area contributed by atoms with Crippen molar-refractivity contribution < 1.29 is 14.3 Å². The maximum atomic E-state index is 12.9. The minimum absolute atomic E-state index is 0.0562. The molecule has 6 nitrogen and oxygen atoms in total. The highest BCUT2D eigenvalue weighted by Crippen LogP contribution is 2.30. The number of imide groups is 1. The highest BCUT2D eigenvalue weighted by molar-refractivity contribution is 6.07. The fraction of sp³-hybridized carbons (Fsp3) is 0.318. The number of nitrogens with zero attached hydrogens (tertiary/aromatic N) is 2. The van der Waals surface area contributed by atoms with Gasteiger partial charge < -0.3 is 10.1 Å². The zero-order valence-electron chi connectivity index (χ0n) is 16.8. The van der Waals surface area contributed by atoms with Crippen molar-refractivity contribution in [3.63, 3.8) is 0 Å². The first kappa shape index (κ1) is 19.6. The molecular formula is C22H25N3O3. The smallest absolute Gasteiger partial charge is 0.346 e. The summed E-state index contributed by atoms with van der Waals surface area (Å²) in [6, 6.07) is 14.4. The third-order valence-electron chi connectivity index (χ3n) is 4.94. The van der Waals surface area contributed by atoms with Crippen LogP contribution in [0.15, 0.2) is 53.6 Å². The van der Waals surface area contributed by atoms with E-state index in [9.17, 15) is 9.59 Å². The predicted molar refractivity (Wildman–Crippen MR) is 108 cm³/mol. The van der Waals surface area contributed by atoms with Crippen LogP contribution in [0.3, 0.4) is 0 Å². The van der Waals surface area contributed by atoms with E-state index in [0.717, 1.165) is 10.6 Å². The molecule has 1 saturated heterocycles. The van der Waals surface area contributed by atoms with Gasteiger partial charge in [-0.1, -0.05) is 57.2 Å². The van der Waals surface area contributed by atoms with Crippen LogP contribution in [0.1, 0.15) is 44.4 Å². The Balaban J connectivity index is 1.80. The van der Waals surface area contributed by atoms with Gasteiger partial charge in [0.15, 0.2) is 0 Å². The summed E-state index contributed by atoms with van der Waals surface area (Å²) in [4.78, 5) is 25.3. The van der Waals surface area contributed by atoms with E-state index < -0.39 is 17.5 Å². The maximum Gasteiger partial charge on any atom is 0.346 e. The fourth-order valence-electron chi connectivity index (χ4n) is 3.04. The van der Waals surface area contributed by atoms with Gasteiger partial charge in [0, 0.05) is 0 Å². The van der Waals surface area contributed by atoms with Gasteiger partial charge in [0.25, 0.3) is 5.91 Å². The molecule has 6 heteroatoms. The molecule has 0 aromatic heterocycles. The Morgan fingerprint density at radius 3 is 2.18 bits per heavy atom. The number of methoxy groups -OCH3 is 1. The zero-order chi connectivity index (χ0) is 20.5. The first-order valence-electron chi connectivity index (χ1n) is 9.11. The molecule has 1 aliphatic rings. The molecule has 1 aliphatic heterocycles. The molecule has 0 aliphatic carbocycles. The van der Waals surface area contributed by atoms with Crippen molar-refractivity contribution in [2.75, 3.05) is 7.11 Å². The second-order valence-corrected chi connectivity index (χ2v) is 8.02. The Morgan fingerprint density at radius 2 is 1.64 bits per heavy atom. The van der Waals surface area contributed by atoms with Crippen LogP contribution in [0.2, 0.25) is 0 Å². The van der Waals surface area contributed by atoms with Gasteiger partial charge in [0.2, 0.25) is 0 Å². The van der Waals surface area contributed by atoms with Crippen LogP contribution in [0.4, 0.5) is 4.79 Å². The molecule has 0 unspecified atom stereocenters. The highest BCUT2D eigenvalue weighted by atomic mass is 16.5. The number of hydrogen-bond acceptors (Lipinski definition) is 4. The molecule has 1 atom stereocenters. The summed E-state index contributed by atoms with van der Waals surface area (Å²) < 4.78 is 5.14. The molecule has 146 valence electrons. The Kier molecular flexibility index (Phi) is 4.98. The highest BCUT2D eigenvalue weighted by Gasteiger charge is 2.49. The molecule has 0 saturated carbocycles. The number of benzene rings is 2. The molecular weight excluding hydrogens is 354 g/mol. The molecule has 2 aromatic carbocycles. The Bertz CT molecular complexity index is 912. The van der Waals surface area contributed by atoms with Crippen LogP contribution in [0, 0.1) is 0 Å². The normalized spacial score (nSPS) is 20.0. The summed E-state index contributed by atoms with van der Waals surface area (Å²) in [5.74, 6) is 0.253. The average molecular weight is 379 g/mol. The van der Waals surface area contributed by atoms with E-state index in [4.69, 9.17) is 4.74 Å². The summed E-state index contributed by atoms with van der Waals surface area (Å²) in [5.41, 5.74) is 1.56. The average Bonchev–Trinajstić information content (AvgIpc) is 2.89. The van der Waals surface area contributed by atoms with E-state index in [1.807, 2.05) is 24.3 Å². The minimum Gasteiger partial charge on any atom is -0.497 e. The minimum atomic E-state index is -1.17. The van der Waals surface area contributed by atoms with Crippen molar-refractivity contribution in [3.05, 3.63) is 65.2 Å². The Hall–Kier alpha value is -3.15. The molecule has 3 amide bonds. The summed E-state index contributed by atoms with van der Waals surface area (Å²) in [6.07, 6.45) is 1.52. The quantitative estimate of drug-likeness (QED) is 0.649. The first-order valence-corrected chi connectivity index (χ1v) is 9.11. The van der Waals surface area contributed by atoms with E-state index in [0.29, 0.717) is 11.3 Å². The van der Waals surface area contributed by atoms with Crippen LogP contribution in [-0.2, 0) is 15.7 Å². The van der Waals surface area contributed by atoms with Crippen LogP contribution >= 0.6 is 0 Å². The predicted octanol–water partition coefficient (Wildman–Crippen LogP) is 3.79. The number of hydrogen-bond donors (Lipinski definition) is 1. The summed E-state index contributed by atoms with van der Waals surface area (Å²) in [6.45, 7) is 8.10. The second-order valence-electron chi connectivity index (χ2n) is 8.02. The SMILES string of the molecule is COc1ccc([C@@]2(C)NC(=O)N(/N=C\c3ccc(C(C)(C)C)cc3)C2=O)cc1. The van der Waals surface area contributed by atoms with E-state index in [2.05, 4.69) is 31.2 Å². The molecule has 0 radical (unpaired) electrons. The first-order chi connectivity index (χ1) is 13.1. The lowest BCUT2D eigenvalue weighted by Crippen LogP contribution is -2.40. The molecule has 3 rings (SSSR count). The van der Waals surface area contributed by atoms with Crippen LogP contribution in [0.5, 0.6) is 5.75 Å². The van der Waals surface area contributed by atoms with Crippen molar-refractivity contribution in [1.82, 2.24) is 10.3 Å². The monoisotopic (exact) mass is 379 g/mol. The number of carbonyl (C=O) groups excluding carboxylic acids is 2. The standard InChI is InChI=1S/C22H25N3O3/c1-21(2,3)16-8-6-15(7-9-16)14-23-25-19(26)22(4,24-20(25)27)17-10-12-18(28-5)13-11-17/h6-14H,1-5H3,(H,24,27)/b23-14-/t22-/m1/s1. The number of nitrogens with one attached hydrogen (secondary N) is 1. The van der Waals surface area contributed by atoms with Crippen molar-refractivity contribution >= 4 is 18.2 Å². The molecule has 1 heterocycles. The molecule has 0 spiro atoms. The molecule has 28 heavy (non-hydrogen) atoms. The van der Waals surface area contributed by atoms with Gasteiger partial charge in [0.1, 0.15) is 11.3 Å². The number of amides is 3. The van der Waals surface area contributed by atoms with Crippen molar-refractivity contribution in [2.24, 2.45) is 5.10 Å². The van der Waals surface area contributed by atoms with Crippen LogP contribution in [0.25, 0.3) is 0 Å². The van der Waals surface area contributed by atoms with Crippen LogP contribution < -0.4 is 10.1 Å². The van der Waals surface area contributed by atoms with Gasteiger partial charge in [-0.15, -0.1) is 5.01 Å². The third kappa shape index (κ3) is 3.63. The number of carbonyl (C=O) groups is 2. The summed E-state index contributed by atoms with van der Waals surface area (Å²) in [5, 5.41) is 7.73. The topological polar surface area (TPSA) is 71.0 Å². The summed E-state index contributed by atoms with van der Waals surface area (Å²) >= 11 is 0. The summed E-state index contributed by atoms with van der Waals surface area (Å²) in [7, 11) is 1.57. The number of hydrazone groups is 1. The Morgan fingerprint density at radius 1 is 1.04 bits per heavy atom. The maximum absolute atomic E-state index is 12.9. The lowest BCUT2D eigenvalue weighted by Gasteiger charge is -2.21. The van der Waals surface area contributed by atoms with E-state index in [1.54, 1.807) is 38.3 Å². The molecule has 1 fully saturated rings. The fourth-order valence-corrected chi connectivity index (χ4v) is 3.04. The largest absolute Gasteiger partial charge is 0.497 e. The third-order valence-corrected chi connectivity index (χ3v) is 4.94. The van der Waals surface area contributed by atoms with Crippen LogP contribution in [-0.4, -0.2) is 30.3 Å². The van der Waals surface area contributed by atoms with Gasteiger partial charge >= 0.3 is 6.03 Å². The number of ether oxygens (including phenoxy) is 1. The van der Waals surface area contributed by atoms with Gasteiger partial charge in [-0.3, -0.25) is 4.79 Å². The van der Waals surface area contributed by atoms with Gasteiger partial charge in [0.05, 0.1) is 13.3 Å². The van der Waals surface area contributed by atoms with Gasteiger partial charge in [-0.2, -0.15) is 5.10 Å². The lowest BCUT2D eigenvalue weighted by molar-refractivity contribution is -0.131. The Labute approximate surface area is 165 Å². The van der Waals surface area contributed by atoms with Gasteiger partial charge in [-0.25, -0.2) is 4.79 Å². The lowest BCUT2D eigenvalue weighted by atomic mass is 9.87.